The number of aromatic amines is 3. The first kappa shape index (κ1) is 106. The molecular weight excluding hydrogens is 1760 g/mol. The molecule has 3 aliphatic rings. The van der Waals surface area contributed by atoms with Crippen molar-refractivity contribution in [1.82, 2.24) is 81.7 Å². The molecule has 40 nitrogen and oxygen atoms in total. The first-order chi connectivity index (χ1) is 64.3. The van der Waals surface area contributed by atoms with Gasteiger partial charge in [0.05, 0.1) is 36.2 Å². The molecule has 9 rings (SSSR count). The number of benzene rings is 3. The number of H-pyrrole nitrogens is 3. The molecule has 19 N–H and O–H groups in total. The number of amides is 14. The second kappa shape index (κ2) is 50.4. The van der Waals surface area contributed by atoms with Gasteiger partial charge in [0.25, 0.3) is 0 Å². The maximum Gasteiger partial charge on any atom is 0.303 e. The summed E-state index contributed by atoms with van der Waals surface area (Å²) in [6.45, 7) is 7.75. The van der Waals surface area contributed by atoms with Crippen LogP contribution in [-0.4, -0.2) is 297 Å². The van der Waals surface area contributed by atoms with Gasteiger partial charge >= 0.3 is 5.97 Å². The van der Waals surface area contributed by atoms with E-state index in [2.05, 4.69) is 57.2 Å². The third-order valence-corrected chi connectivity index (χ3v) is 26.2. The largest absolute Gasteiger partial charge is 0.508 e. The lowest BCUT2D eigenvalue weighted by Gasteiger charge is -2.36. The standard InChI is InChI=1S/C94H129N19O21S/c1-9-11-22-73-87(127)105-68(36-52(3)4)79(118)41-58(77(116)30-31-80(96)119)49-135-50-82(121)102-71(37-54-25-27-60(114)28-26-54)91(131)109(6)53(5)78(117)40-55(42-81(97)120)90(130)112-35-17-24-74(112)88(128)107-70(43-59-47-98-51-101-59)86(126)104-67(29-32-83(122)123)93(133)113-48-61(115)44-76(113)89(129)106-69(38-56-45-99-64-20-15-13-18-62(56)64)85(125)103-66(33-34-95)84(124)108-72(39-57-46-100-65-21-16-14-19-63(57)65)92(132)111(8)75(23-12-10-2)94(134)110(73)7/h13-16,18-21,25-28,45-47,51-53,55,58,61,66-76,99-100,114-115H,9-12,17,22-24,29-44,48-50,95H2,1-8H3,(H2,96,119)(H2,97,120)(H,98,101)(H,102,121)(H,103,125)(H,104,126)(H,105,127)(H,106,129)(H,107,128)(H,108,124)(H,122,123)/t53-,55-,58-,61+,66-,67-,68-,69-,70-,71-,72-,73-,74-,75-,76-/m0/s1. The monoisotopic (exact) mass is 1890 g/mol. The molecule has 3 aromatic carbocycles. The molecule has 6 heterocycles. The van der Waals surface area contributed by atoms with Crippen LogP contribution < -0.4 is 54.4 Å². The number of aliphatic hydroxyl groups excluding tert-OH is 1. The van der Waals surface area contributed by atoms with Crippen LogP contribution in [0.25, 0.3) is 21.8 Å². The van der Waals surface area contributed by atoms with Gasteiger partial charge in [0.1, 0.15) is 72.0 Å². The molecule has 135 heavy (non-hydrogen) atoms. The Balaban J connectivity index is 1.11. The van der Waals surface area contributed by atoms with Crippen LogP contribution >= 0.6 is 11.8 Å². The number of unbranched alkanes of at least 4 members (excludes halogenated alkanes) is 2. The summed E-state index contributed by atoms with van der Waals surface area (Å²) >= 11 is 0.900. The van der Waals surface area contributed by atoms with E-state index in [1.165, 1.54) is 74.7 Å². The van der Waals surface area contributed by atoms with Crippen LogP contribution in [0.15, 0.2) is 97.7 Å². The van der Waals surface area contributed by atoms with Crippen molar-refractivity contribution in [3.8, 4) is 5.75 Å². The highest BCUT2D eigenvalue weighted by Gasteiger charge is 2.47. The van der Waals surface area contributed by atoms with Crippen molar-refractivity contribution in [2.24, 2.45) is 35.0 Å². The number of aliphatic hydroxyl groups is 1. The Bertz CT molecular complexity index is 5220. The van der Waals surface area contributed by atoms with E-state index in [4.69, 9.17) is 17.2 Å². The number of fused-ring (bicyclic) bond motifs is 4. The zero-order chi connectivity index (χ0) is 98.6. The molecule has 41 heteroatoms. The number of carbonyl (C=O) groups excluding carboxylic acids is 17. The zero-order valence-electron chi connectivity index (χ0n) is 77.6. The molecule has 3 aliphatic heterocycles. The predicted octanol–water partition coefficient (Wildman–Crippen LogP) is 1.44. The lowest BCUT2D eigenvalue weighted by molar-refractivity contribution is -0.149. The van der Waals surface area contributed by atoms with Crippen molar-refractivity contribution in [3.05, 3.63) is 120 Å². The molecule has 732 valence electrons. The van der Waals surface area contributed by atoms with E-state index < -0.39 is 260 Å². The number of aliphatic carboxylic acids is 1. The lowest BCUT2D eigenvalue weighted by atomic mass is 9.90. The van der Waals surface area contributed by atoms with E-state index in [0.29, 0.717) is 64.2 Å². The van der Waals surface area contributed by atoms with Gasteiger partial charge in [-0.25, -0.2) is 4.98 Å². The van der Waals surface area contributed by atoms with Crippen LogP contribution in [-0.2, 0) is 112 Å². The highest BCUT2D eigenvalue weighted by Crippen LogP contribution is 2.30. The van der Waals surface area contributed by atoms with Gasteiger partial charge in [-0.1, -0.05) is 102 Å². The molecule has 0 radical (unpaired) electrons. The number of phenolic OH excluding ortho intramolecular Hbond substituents is 1. The third-order valence-electron chi connectivity index (χ3n) is 25.1. The average molecular weight is 1890 g/mol. The summed E-state index contributed by atoms with van der Waals surface area (Å²) in [7, 11) is 4.06. The quantitative estimate of drug-likeness (QED) is 0.0347. The Morgan fingerprint density at radius 1 is 0.548 bits per heavy atom. The SMILES string of the molecule is CCCC[C@H]1C(=O)N(C)[C@@H](CCCC)C(=O)N[C@@H](CC(C)C)C(=O)C[C@H](C(=O)CCC(N)=O)CSCC(=O)N[C@@H](Cc2ccc(O)cc2)C(=O)N(C)[C@@H](C)C(=O)C[C@@H](CC(N)=O)C(=O)N2CCC[C@H]2C(=O)N[C@@H](Cc2cnc[nH]2)C(=O)N[C@@H](CCC(=O)O)C(=O)N2C[C@H](O)C[C@H]2C(=O)N[C@@H](Cc2c[nH]c3ccccc23)C(=O)N[C@@H](CCN)C(=O)N[C@@H](Cc2c[nH]c3ccccc23)C(=O)N1C. The number of Topliss-reactive ketones (excluding diaryl/α,β-unsaturated/α-hetero) is 3. The average Bonchev–Trinajstić information content (AvgIpc) is 1.56. The van der Waals surface area contributed by atoms with Crippen molar-refractivity contribution in [2.45, 2.75) is 254 Å². The van der Waals surface area contributed by atoms with Gasteiger partial charge in [0, 0.05) is 163 Å². The number of hydrogen-bond donors (Lipinski definition) is 16. The highest BCUT2D eigenvalue weighted by molar-refractivity contribution is 7.99. The fourth-order valence-electron chi connectivity index (χ4n) is 17.5. The third kappa shape index (κ3) is 29.5. The van der Waals surface area contributed by atoms with Crippen molar-refractivity contribution >= 4 is 140 Å². The number of hydrogen-bond acceptors (Lipinski definition) is 23. The van der Waals surface area contributed by atoms with Gasteiger partial charge in [-0.3, -0.25) is 86.3 Å². The Kier molecular flexibility index (Phi) is 39.5. The number of nitrogens with one attached hydrogen (secondary N) is 10. The number of aromatic nitrogens is 4. The van der Waals surface area contributed by atoms with E-state index in [-0.39, 0.29) is 100 Å². The summed E-state index contributed by atoms with van der Waals surface area (Å²) in [6.07, 6.45) is 0.443. The zero-order valence-corrected chi connectivity index (χ0v) is 78.4. The summed E-state index contributed by atoms with van der Waals surface area (Å²) in [5, 5.41) is 52.3. The molecule has 6 aromatic rings. The van der Waals surface area contributed by atoms with Gasteiger partial charge in [0.2, 0.25) is 82.7 Å². The number of likely N-dealkylation sites (N-methyl/N-ethyl adjacent to an activating group) is 3. The maximum absolute atomic E-state index is 15.8. The molecule has 0 unspecified atom stereocenters. The first-order valence-electron chi connectivity index (χ1n) is 46.0. The second-order valence-corrected chi connectivity index (χ2v) is 36.7. The molecular formula is C94H129N19O21S. The summed E-state index contributed by atoms with van der Waals surface area (Å²) in [6, 6.07) is 1.80. The number of carbonyl (C=O) groups is 18. The lowest BCUT2D eigenvalue weighted by Crippen LogP contribution is -2.61. The number of aromatic hydroxyl groups is 1. The summed E-state index contributed by atoms with van der Waals surface area (Å²) in [5.41, 5.74) is 20.6. The minimum Gasteiger partial charge on any atom is -0.508 e. The van der Waals surface area contributed by atoms with E-state index in [0.717, 1.165) is 26.5 Å². The molecule has 0 spiro atoms. The molecule has 0 bridgehead atoms. The highest BCUT2D eigenvalue weighted by atomic mass is 32.2. The molecule has 14 amide bonds. The Morgan fingerprint density at radius 2 is 1.10 bits per heavy atom. The Labute approximate surface area is 786 Å². The fraction of sp³-hybridized carbons (Fsp3) is 0.543. The molecule has 15 atom stereocenters. The number of phenols is 1. The number of primary amides is 2. The van der Waals surface area contributed by atoms with Crippen molar-refractivity contribution < 1.29 is 102 Å². The summed E-state index contributed by atoms with van der Waals surface area (Å²) in [4.78, 5) is 283. The molecule has 0 saturated carbocycles. The number of ketones is 3. The normalized spacial score (nSPS) is 24.9. The van der Waals surface area contributed by atoms with Crippen LogP contribution in [0.2, 0.25) is 0 Å². The number of nitrogens with two attached hydrogens (primary N) is 3. The van der Waals surface area contributed by atoms with E-state index in [9.17, 15) is 58.5 Å². The van der Waals surface area contributed by atoms with E-state index in [1.807, 2.05) is 13.8 Å². The number of nitrogens with zero attached hydrogens (tertiary/aromatic N) is 6. The molecule has 3 fully saturated rings. The molecule has 0 aliphatic carbocycles. The smallest absolute Gasteiger partial charge is 0.303 e. The van der Waals surface area contributed by atoms with Gasteiger partial charge in [-0.2, -0.15) is 11.8 Å². The van der Waals surface area contributed by atoms with Crippen molar-refractivity contribution in [2.75, 3.05) is 52.3 Å². The number of carboxylic acid groups (broad SMARTS) is 1. The van der Waals surface area contributed by atoms with Crippen LogP contribution in [0, 0.1) is 17.8 Å². The van der Waals surface area contributed by atoms with Gasteiger partial charge in [0.15, 0.2) is 11.6 Å². The fourth-order valence-corrected chi connectivity index (χ4v) is 18.4. The number of rotatable bonds is 27. The number of thioether (sulfide) groups is 1. The first-order valence-corrected chi connectivity index (χ1v) is 47.2. The maximum atomic E-state index is 15.8. The van der Waals surface area contributed by atoms with Crippen LogP contribution in [0.5, 0.6) is 5.75 Å². The van der Waals surface area contributed by atoms with Crippen molar-refractivity contribution in [3.63, 3.8) is 0 Å². The Hall–Kier alpha value is -12.9. The summed E-state index contributed by atoms with van der Waals surface area (Å²) in [5.74, 6) is -19.8. The molecule has 3 saturated heterocycles. The number of imidazole rings is 1. The Morgan fingerprint density at radius 3 is 1.70 bits per heavy atom. The van der Waals surface area contributed by atoms with Gasteiger partial charge in [-0.15, -0.1) is 0 Å². The summed E-state index contributed by atoms with van der Waals surface area (Å²) < 4.78 is 0. The van der Waals surface area contributed by atoms with E-state index in [1.54, 1.807) is 74.8 Å². The minimum absolute atomic E-state index is 0.0330. The minimum atomic E-state index is -1.82. The van der Waals surface area contributed by atoms with Gasteiger partial charge < -0.3 is 109 Å². The van der Waals surface area contributed by atoms with Crippen LogP contribution in [0.3, 0.4) is 0 Å². The number of carboxylic acids is 1. The topological polar surface area (TPSA) is 607 Å². The predicted molar refractivity (Wildman–Crippen MR) is 498 cm³/mol. The van der Waals surface area contributed by atoms with Crippen molar-refractivity contribution in [1.29, 1.82) is 0 Å². The molecule has 3 aromatic heterocycles. The second-order valence-electron chi connectivity index (χ2n) is 35.7. The van der Waals surface area contributed by atoms with Gasteiger partial charge in [-0.05, 0) is 105 Å². The van der Waals surface area contributed by atoms with Crippen LogP contribution in [0.1, 0.15) is 173 Å². The van der Waals surface area contributed by atoms with Crippen LogP contribution in [0.4, 0.5) is 0 Å². The number of para-hydroxylation sites is 2. The van der Waals surface area contributed by atoms with E-state index >= 15 is 43.2 Å².